The normalized spacial score (nSPS) is 12.2. The van der Waals surface area contributed by atoms with Crippen molar-refractivity contribution in [3.63, 3.8) is 0 Å². The molecule has 0 radical (unpaired) electrons. The van der Waals surface area contributed by atoms with Crippen molar-refractivity contribution in [3.05, 3.63) is 22.7 Å². The SMILES string of the molecule is CCC(Sc1ccc(N)cc1Br)C(=O)NN. The predicted molar refractivity (Wildman–Crippen MR) is 70.8 cm³/mol. The molecule has 0 bridgehead atoms. The lowest BCUT2D eigenvalue weighted by Gasteiger charge is -2.13. The summed E-state index contributed by atoms with van der Waals surface area (Å²) in [4.78, 5) is 12.4. The average molecular weight is 304 g/mol. The van der Waals surface area contributed by atoms with Crippen LogP contribution in [0, 0.1) is 0 Å². The lowest BCUT2D eigenvalue weighted by molar-refractivity contribution is -0.120. The Balaban J connectivity index is 2.82. The first-order valence-electron chi connectivity index (χ1n) is 4.80. The third kappa shape index (κ3) is 3.40. The van der Waals surface area contributed by atoms with E-state index < -0.39 is 0 Å². The molecule has 1 amide bonds. The Kier molecular flexibility index (Phi) is 5.11. The van der Waals surface area contributed by atoms with E-state index >= 15 is 0 Å². The van der Waals surface area contributed by atoms with Crippen molar-refractivity contribution < 1.29 is 4.79 Å². The number of benzene rings is 1. The van der Waals surface area contributed by atoms with Crippen LogP contribution in [0.2, 0.25) is 0 Å². The summed E-state index contributed by atoms with van der Waals surface area (Å²) in [5, 5.41) is -0.190. The minimum atomic E-state index is -0.190. The molecule has 0 heterocycles. The minimum Gasteiger partial charge on any atom is -0.399 e. The molecule has 1 unspecified atom stereocenters. The number of carbonyl (C=O) groups is 1. The molecule has 1 aromatic carbocycles. The standard InChI is InChI=1S/C10H14BrN3OS/c1-2-8(10(15)14-13)16-9-4-3-6(12)5-7(9)11/h3-5,8H,2,12-13H2,1H3,(H,14,15). The maximum absolute atomic E-state index is 11.4. The summed E-state index contributed by atoms with van der Waals surface area (Å²) in [6, 6.07) is 5.51. The Hall–Kier alpha value is -0.720. The minimum absolute atomic E-state index is 0.170. The lowest BCUT2D eigenvalue weighted by Crippen LogP contribution is -2.37. The van der Waals surface area contributed by atoms with Crippen LogP contribution < -0.4 is 17.0 Å². The molecule has 5 N–H and O–H groups in total. The van der Waals surface area contributed by atoms with E-state index in [-0.39, 0.29) is 11.2 Å². The molecule has 6 heteroatoms. The summed E-state index contributed by atoms with van der Waals surface area (Å²) in [6.45, 7) is 1.94. The van der Waals surface area contributed by atoms with Gasteiger partial charge >= 0.3 is 0 Å². The summed E-state index contributed by atoms with van der Waals surface area (Å²) in [7, 11) is 0. The highest BCUT2D eigenvalue weighted by atomic mass is 79.9. The van der Waals surface area contributed by atoms with Crippen LogP contribution in [0.3, 0.4) is 0 Å². The van der Waals surface area contributed by atoms with Gasteiger partial charge < -0.3 is 5.73 Å². The van der Waals surface area contributed by atoms with E-state index in [4.69, 9.17) is 11.6 Å². The number of hydrogen-bond donors (Lipinski definition) is 3. The van der Waals surface area contributed by atoms with Crippen LogP contribution in [0.5, 0.6) is 0 Å². The van der Waals surface area contributed by atoms with Gasteiger partial charge in [-0.1, -0.05) is 6.92 Å². The van der Waals surface area contributed by atoms with E-state index in [9.17, 15) is 4.79 Å². The van der Waals surface area contributed by atoms with Crippen molar-refractivity contribution in [1.29, 1.82) is 0 Å². The molecule has 1 rings (SSSR count). The number of carbonyl (C=O) groups excluding carboxylic acids is 1. The molecule has 0 spiro atoms. The third-order valence-electron chi connectivity index (χ3n) is 2.03. The van der Waals surface area contributed by atoms with Gasteiger partial charge in [0.15, 0.2) is 0 Å². The Morgan fingerprint density at radius 1 is 1.62 bits per heavy atom. The Labute approximate surface area is 107 Å². The molecule has 4 nitrogen and oxygen atoms in total. The van der Waals surface area contributed by atoms with Crippen LogP contribution in [0.15, 0.2) is 27.6 Å². The highest BCUT2D eigenvalue weighted by molar-refractivity contribution is 9.10. The molecule has 0 aliphatic carbocycles. The number of halogens is 1. The summed E-state index contributed by atoms with van der Waals surface area (Å²) in [6.07, 6.45) is 0.713. The van der Waals surface area contributed by atoms with Gasteiger partial charge in [0.05, 0.1) is 5.25 Å². The first kappa shape index (κ1) is 13.3. The number of amides is 1. The largest absolute Gasteiger partial charge is 0.399 e. The van der Waals surface area contributed by atoms with Gasteiger partial charge in [-0.05, 0) is 40.5 Å². The smallest absolute Gasteiger partial charge is 0.247 e. The highest BCUT2D eigenvalue weighted by Crippen LogP contribution is 2.33. The molecule has 1 atom stereocenters. The lowest BCUT2D eigenvalue weighted by atomic mass is 10.3. The molecule has 0 aliphatic rings. The second-order valence-corrected chi connectivity index (χ2v) is 5.31. The van der Waals surface area contributed by atoms with Gasteiger partial charge in [0.1, 0.15) is 0 Å². The number of hydrazine groups is 1. The monoisotopic (exact) mass is 303 g/mol. The van der Waals surface area contributed by atoms with Crippen LogP contribution >= 0.6 is 27.7 Å². The number of thioether (sulfide) groups is 1. The molecule has 88 valence electrons. The van der Waals surface area contributed by atoms with Gasteiger partial charge in [0, 0.05) is 15.1 Å². The second kappa shape index (κ2) is 6.12. The molecule has 16 heavy (non-hydrogen) atoms. The topological polar surface area (TPSA) is 81.1 Å². The number of nitrogen functional groups attached to an aromatic ring is 1. The molecular weight excluding hydrogens is 290 g/mol. The first-order valence-corrected chi connectivity index (χ1v) is 6.47. The van der Waals surface area contributed by atoms with Crippen LogP contribution in [0.4, 0.5) is 5.69 Å². The molecule has 0 saturated carbocycles. The van der Waals surface area contributed by atoms with E-state index in [0.29, 0.717) is 12.1 Å². The second-order valence-electron chi connectivity index (χ2n) is 3.21. The number of nitrogens with one attached hydrogen (secondary N) is 1. The fourth-order valence-corrected chi connectivity index (χ4v) is 2.82. The third-order valence-corrected chi connectivity index (χ3v) is 4.39. The van der Waals surface area contributed by atoms with Crippen LogP contribution in [0.1, 0.15) is 13.3 Å². The van der Waals surface area contributed by atoms with Gasteiger partial charge in [-0.15, -0.1) is 11.8 Å². The zero-order valence-corrected chi connectivity index (χ0v) is 11.3. The molecule has 0 saturated heterocycles. The van der Waals surface area contributed by atoms with Crippen LogP contribution in [0.25, 0.3) is 0 Å². The molecule has 0 fully saturated rings. The number of nitrogens with two attached hydrogens (primary N) is 2. The number of rotatable bonds is 4. The summed E-state index contributed by atoms with van der Waals surface area (Å²) in [5.74, 6) is 4.95. The van der Waals surface area contributed by atoms with Gasteiger partial charge in [0.2, 0.25) is 5.91 Å². The van der Waals surface area contributed by atoms with E-state index in [0.717, 1.165) is 9.37 Å². The van der Waals surface area contributed by atoms with Gasteiger partial charge in [-0.2, -0.15) is 0 Å². The van der Waals surface area contributed by atoms with Crippen molar-refractivity contribution in [2.75, 3.05) is 5.73 Å². The summed E-state index contributed by atoms with van der Waals surface area (Å²) < 4.78 is 0.890. The molecule has 1 aromatic rings. The maximum Gasteiger partial charge on any atom is 0.247 e. The predicted octanol–water partition coefficient (Wildman–Crippen LogP) is 1.89. The van der Waals surface area contributed by atoms with E-state index in [1.54, 1.807) is 6.07 Å². The van der Waals surface area contributed by atoms with Gasteiger partial charge in [-0.25, -0.2) is 5.84 Å². The van der Waals surface area contributed by atoms with Gasteiger partial charge in [0.25, 0.3) is 0 Å². The number of hydrogen-bond acceptors (Lipinski definition) is 4. The molecule has 0 aliphatic heterocycles. The van der Waals surface area contributed by atoms with Crippen LogP contribution in [-0.4, -0.2) is 11.2 Å². The van der Waals surface area contributed by atoms with Crippen molar-refractivity contribution >= 4 is 39.3 Å². The van der Waals surface area contributed by atoms with Crippen molar-refractivity contribution in [2.24, 2.45) is 5.84 Å². The Morgan fingerprint density at radius 3 is 2.81 bits per heavy atom. The van der Waals surface area contributed by atoms with E-state index in [2.05, 4.69) is 21.4 Å². The number of anilines is 1. The maximum atomic E-state index is 11.4. The fourth-order valence-electron chi connectivity index (χ4n) is 1.18. The first-order chi connectivity index (χ1) is 7.58. The fraction of sp³-hybridized carbons (Fsp3) is 0.300. The van der Waals surface area contributed by atoms with E-state index in [1.807, 2.05) is 19.1 Å². The highest BCUT2D eigenvalue weighted by Gasteiger charge is 2.17. The molecular formula is C10H14BrN3OS. The quantitative estimate of drug-likeness (QED) is 0.261. The van der Waals surface area contributed by atoms with Crippen molar-refractivity contribution in [3.8, 4) is 0 Å². The van der Waals surface area contributed by atoms with Crippen LogP contribution in [-0.2, 0) is 4.79 Å². The van der Waals surface area contributed by atoms with E-state index in [1.165, 1.54) is 11.8 Å². The van der Waals surface area contributed by atoms with Crippen molar-refractivity contribution in [2.45, 2.75) is 23.5 Å². The summed E-state index contributed by atoms with van der Waals surface area (Å²) in [5.41, 5.74) is 8.49. The molecule has 0 aromatic heterocycles. The van der Waals surface area contributed by atoms with Crippen molar-refractivity contribution in [1.82, 2.24) is 5.43 Å². The zero-order chi connectivity index (χ0) is 12.1. The Bertz CT molecular complexity index is 386. The average Bonchev–Trinajstić information content (AvgIpc) is 2.27. The Morgan fingerprint density at radius 2 is 2.31 bits per heavy atom. The zero-order valence-electron chi connectivity index (χ0n) is 8.87. The van der Waals surface area contributed by atoms with Gasteiger partial charge in [-0.3, -0.25) is 10.2 Å². The summed E-state index contributed by atoms with van der Waals surface area (Å²) >= 11 is 4.87.